The first-order chi connectivity index (χ1) is 7.45. The van der Waals surface area contributed by atoms with Crippen molar-refractivity contribution < 1.29 is 4.79 Å². The van der Waals surface area contributed by atoms with Crippen LogP contribution in [0.2, 0.25) is 0 Å². The maximum Gasteiger partial charge on any atom is 0.251 e. The summed E-state index contributed by atoms with van der Waals surface area (Å²) < 4.78 is 0. The zero-order valence-corrected chi connectivity index (χ0v) is 9.53. The number of anilines is 2. The van der Waals surface area contributed by atoms with Gasteiger partial charge in [0.2, 0.25) is 0 Å². The summed E-state index contributed by atoms with van der Waals surface area (Å²) >= 11 is 0. The number of amides is 1. The van der Waals surface area contributed by atoms with E-state index in [9.17, 15) is 4.79 Å². The molecular formula is C12H13N3O. The van der Waals surface area contributed by atoms with Gasteiger partial charge in [-0.25, -0.2) is 0 Å². The van der Waals surface area contributed by atoms with Gasteiger partial charge in [-0.05, 0) is 32.0 Å². The summed E-state index contributed by atoms with van der Waals surface area (Å²) in [6, 6.07) is 7.36. The average Bonchev–Trinajstić information content (AvgIpc) is 2.25. The fourth-order valence-corrected chi connectivity index (χ4v) is 1.90. The normalized spacial score (nSPS) is 17.4. The van der Waals surface area contributed by atoms with Crippen LogP contribution in [-0.2, 0) is 4.79 Å². The molecule has 1 aliphatic heterocycles. The molecule has 0 spiro atoms. The van der Waals surface area contributed by atoms with Gasteiger partial charge in [0.25, 0.3) is 5.91 Å². The van der Waals surface area contributed by atoms with Gasteiger partial charge in [-0.15, -0.1) is 0 Å². The Balaban J connectivity index is 2.56. The third-order valence-electron chi connectivity index (χ3n) is 2.77. The van der Waals surface area contributed by atoms with Crippen LogP contribution in [0.4, 0.5) is 11.4 Å². The Morgan fingerprint density at radius 2 is 2.12 bits per heavy atom. The molecule has 0 saturated carbocycles. The molecule has 0 radical (unpaired) electrons. The first-order valence-electron chi connectivity index (χ1n) is 5.06. The van der Waals surface area contributed by atoms with Crippen LogP contribution in [0.5, 0.6) is 0 Å². The molecule has 1 aromatic carbocycles. The molecule has 1 heterocycles. The van der Waals surface area contributed by atoms with E-state index in [4.69, 9.17) is 5.26 Å². The predicted molar refractivity (Wildman–Crippen MR) is 62.3 cm³/mol. The second-order valence-electron chi connectivity index (χ2n) is 4.46. The molecule has 82 valence electrons. The molecule has 2 rings (SSSR count). The Morgan fingerprint density at radius 1 is 1.44 bits per heavy atom. The standard InChI is InChI=1S/C12H13N3O/c1-12(2)11(16)15(3)10-6-8(7-13)4-5-9(10)14-12/h4-6,14H,1-3H3. The maximum absolute atomic E-state index is 12.0. The van der Waals surface area contributed by atoms with Gasteiger partial charge in [0.15, 0.2) is 0 Å². The van der Waals surface area contributed by atoms with E-state index in [1.807, 2.05) is 19.9 Å². The lowest BCUT2D eigenvalue weighted by molar-refractivity contribution is -0.121. The van der Waals surface area contributed by atoms with Crippen molar-refractivity contribution in [3.8, 4) is 6.07 Å². The van der Waals surface area contributed by atoms with Crippen molar-refractivity contribution in [1.82, 2.24) is 0 Å². The summed E-state index contributed by atoms with van der Waals surface area (Å²) in [6.45, 7) is 3.68. The number of rotatable bonds is 0. The molecule has 1 aromatic rings. The van der Waals surface area contributed by atoms with Gasteiger partial charge in [0.05, 0.1) is 23.0 Å². The number of nitriles is 1. The molecule has 1 aliphatic rings. The van der Waals surface area contributed by atoms with Crippen molar-refractivity contribution in [2.45, 2.75) is 19.4 Å². The van der Waals surface area contributed by atoms with Gasteiger partial charge in [0, 0.05) is 7.05 Å². The van der Waals surface area contributed by atoms with Gasteiger partial charge in [0.1, 0.15) is 5.54 Å². The van der Waals surface area contributed by atoms with Crippen LogP contribution in [-0.4, -0.2) is 18.5 Å². The lowest BCUT2D eigenvalue weighted by Crippen LogP contribution is -2.52. The number of likely N-dealkylation sites (N-methyl/N-ethyl adjacent to an activating group) is 1. The number of carbonyl (C=O) groups is 1. The molecule has 0 saturated heterocycles. The van der Waals surface area contributed by atoms with Crippen molar-refractivity contribution in [2.24, 2.45) is 0 Å². The van der Waals surface area contributed by atoms with Gasteiger partial charge in [-0.1, -0.05) is 0 Å². The summed E-state index contributed by atoms with van der Waals surface area (Å²) in [6.07, 6.45) is 0. The van der Waals surface area contributed by atoms with E-state index in [0.29, 0.717) is 5.56 Å². The quantitative estimate of drug-likeness (QED) is 0.717. The third kappa shape index (κ3) is 1.41. The maximum atomic E-state index is 12.0. The van der Waals surface area contributed by atoms with E-state index in [-0.39, 0.29) is 5.91 Å². The van der Waals surface area contributed by atoms with Crippen molar-refractivity contribution in [3.05, 3.63) is 23.8 Å². The van der Waals surface area contributed by atoms with Crippen LogP contribution in [0.3, 0.4) is 0 Å². The van der Waals surface area contributed by atoms with E-state index in [1.165, 1.54) is 0 Å². The van der Waals surface area contributed by atoms with E-state index in [2.05, 4.69) is 11.4 Å². The minimum absolute atomic E-state index is 0.00455. The molecule has 0 aromatic heterocycles. The molecule has 0 unspecified atom stereocenters. The van der Waals surface area contributed by atoms with Crippen molar-refractivity contribution in [3.63, 3.8) is 0 Å². The number of benzene rings is 1. The Labute approximate surface area is 94.5 Å². The van der Waals surface area contributed by atoms with Crippen LogP contribution in [0.25, 0.3) is 0 Å². The van der Waals surface area contributed by atoms with Crippen LogP contribution >= 0.6 is 0 Å². The van der Waals surface area contributed by atoms with Crippen molar-refractivity contribution in [1.29, 1.82) is 5.26 Å². The van der Waals surface area contributed by atoms with E-state index in [0.717, 1.165) is 11.4 Å². The second kappa shape index (κ2) is 3.24. The van der Waals surface area contributed by atoms with Gasteiger partial charge in [-0.3, -0.25) is 4.79 Å². The highest BCUT2D eigenvalue weighted by Gasteiger charge is 2.36. The van der Waals surface area contributed by atoms with Crippen LogP contribution in [0.1, 0.15) is 19.4 Å². The van der Waals surface area contributed by atoms with E-state index >= 15 is 0 Å². The Morgan fingerprint density at radius 3 is 2.75 bits per heavy atom. The molecule has 0 bridgehead atoms. The van der Waals surface area contributed by atoms with Gasteiger partial charge in [-0.2, -0.15) is 5.26 Å². The van der Waals surface area contributed by atoms with Gasteiger partial charge < -0.3 is 10.2 Å². The zero-order chi connectivity index (χ0) is 11.9. The summed E-state index contributed by atoms with van der Waals surface area (Å²) in [5.41, 5.74) is 1.59. The highest BCUT2D eigenvalue weighted by atomic mass is 16.2. The molecule has 1 N–H and O–H groups in total. The average molecular weight is 215 g/mol. The number of nitrogens with zero attached hydrogens (tertiary/aromatic N) is 2. The number of nitrogens with one attached hydrogen (secondary N) is 1. The second-order valence-corrected chi connectivity index (χ2v) is 4.46. The highest BCUT2D eigenvalue weighted by molar-refractivity contribution is 6.07. The minimum Gasteiger partial charge on any atom is -0.370 e. The summed E-state index contributed by atoms with van der Waals surface area (Å²) in [5.74, 6) is -0.00455. The van der Waals surface area contributed by atoms with Crippen molar-refractivity contribution in [2.75, 3.05) is 17.3 Å². The third-order valence-corrected chi connectivity index (χ3v) is 2.77. The molecular weight excluding hydrogens is 202 g/mol. The summed E-state index contributed by atoms with van der Waals surface area (Å²) in [4.78, 5) is 13.6. The lowest BCUT2D eigenvalue weighted by atomic mass is 9.98. The highest BCUT2D eigenvalue weighted by Crippen LogP contribution is 2.34. The SMILES string of the molecule is CN1C(=O)C(C)(C)Nc2ccc(C#N)cc21. The summed E-state index contributed by atoms with van der Waals surface area (Å²) in [7, 11) is 1.73. The minimum atomic E-state index is -0.601. The predicted octanol–water partition coefficient (Wildman–Crippen LogP) is 1.73. The number of hydrogen-bond donors (Lipinski definition) is 1. The van der Waals surface area contributed by atoms with E-state index < -0.39 is 5.54 Å². The molecule has 4 heteroatoms. The molecule has 4 nitrogen and oxygen atoms in total. The Kier molecular flexibility index (Phi) is 2.13. The number of fused-ring (bicyclic) bond motifs is 1. The Bertz CT molecular complexity index is 499. The molecule has 0 atom stereocenters. The van der Waals surface area contributed by atoms with Crippen LogP contribution < -0.4 is 10.2 Å². The molecule has 1 amide bonds. The fraction of sp³-hybridized carbons (Fsp3) is 0.333. The number of hydrogen-bond acceptors (Lipinski definition) is 3. The smallest absolute Gasteiger partial charge is 0.251 e. The van der Waals surface area contributed by atoms with Crippen LogP contribution in [0.15, 0.2) is 18.2 Å². The zero-order valence-electron chi connectivity index (χ0n) is 9.53. The molecule has 0 fully saturated rings. The first-order valence-corrected chi connectivity index (χ1v) is 5.06. The van der Waals surface area contributed by atoms with Crippen molar-refractivity contribution >= 4 is 17.3 Å². The van der Waals surface area contributed by atoms with Gasteiger partial charge >= 0.3 is 0 Å². The largest absolute Gasteiger partial charge is 0.370 e. The first kappa shape index (κ1) is 10.5. The fourth-order valence-electron chi connectivity index (χ4n) is 1.90. The number of carbonyl (C=O) groups excluding carboxylic acids is 1. The monoisotopic (exact) mass is 215 g/mol. The van der Waals surface area contributed by atoms with E-state index in [1.54, 1.807) is 24.1 Å². The van der Waals surface area contributed by atoms with Crippen LogP contribution in [0, 0.1) is 11.3 Å². The topological polar surface area (TPSA) is 56.1 Å². The summed E-state index contributed by atoms with van der Waals surface area (Å²) in [5, 5.41) is 12.0. The molecule has 16 heavy (non-hydrogen) atoms. The molecule has 0 aliphatic carbocycles. The Hall–Kier alpha value is -2.02. The lowest BCUT2D eigenvalue weighted by Gasteiger charge is -2.38.